The largest absolute Gasteiger partial charge is 0.239 e. The van der Waals surface area contributed by atoms with Gasteiger partial charge in [0.05, 0.1) is 17.3 Å². The molecule has 1 saturated carbocycles. The molecule has 0 radical (unpaired) electrons. The van der Waals surface area contributed by atoms with E-state index in [2.05, 4.69) is 22.8 Å². The number of benzene rings is 1. The molecule has 0 aromatic heterocycles. The highest BCUT2D eigenvalue weighted by molar-refractivity contribution is 8.13. The van der Waals surface area contributed by atoms with Gasteiger partial charge in [-0.2, -0.15) is 5.26 Å². The highest BCUT2D eigenvalue weighted by atomic mass is 32.2. The van der Waals surface area contributed by atoms with Crippen molar-refractivity contribution in [2.75, 3.05) is 6.26 Å². The molecule has 1 aliphatic rings. The molecule has 0 saturated heterocycles. The fourth-order valence-corrected chi connectivity index (χ4v) is 2.04. The first kappa shape index (κ1) is 11.9. The first-order chi connectivity index (χ1) is 8.28. The third-order valence-corrected chi connectivity index (χ3v) is 3.30. The van der Waals surface area contributed by atoms with Crippen LogP contribution in [0.5, 0.6) is 0 Å². The third-order valence-electron chi connectivity index (χ3n) is 2.72. The lowest BCUT2D eigenvalue weighted by atomic mass is 10.0. The molecule has 3 nitrogen and oxygen atoms in total. The molecule has 0 N–H and O–H groups in total. The Hall–Kier alpha value is -1.60. The Kier molecular flexibility index (Phi) is 3.60. The molecule has 0 unspecified atom stereocenters. The summed E-state index contributed by atoms with van der Waals surface area (Å²) in [6, 6.07) is 7.93. The van der Waals surface area contributed by atoms with Crippen LogP contribution in [-0.2, 0) is 0 Å². The molecular weight excluding hydrogens is 230 g/mol. The molecule has 1 aliphatic carbocycles. The van der Waals surface area contributed by atoms with Gasteiger partial charge < -0.3 is 0 Å². The van der Waals surface area contributed by atoms with Crippen LogP contribution in [0.2, 0.25) is 0 Å². The first-order valence-corrected chi connectivity index (χ1v) is 6.64. The van der Waals surface area contributed by atoms with Crippen molar-refractivity contribution >= 4 is 29.3 Å². The van der Waals surface area contributed by atoms with Crippen molar-refractivity contribution in [2.24, 2.45) is 9.98 Å². The fraction of sp³-hybridized carbons (Fsp3) is 0.308. The predicted molar refractivity (Wildman–Crippen MR) is 73.3 cm³/mol. The molecule has 0 atom stereocenters. The van der Waals surface area contributed by atoms with Crippen LogP contribution in [0.15, 0.2) is 28.2 Å². The molecular formula is C13H13N3S. The molecule has 0 bridgehead atoms. The van der Waals surface area contributed by atoms with Gasteiger partial charge in [-0.1, -0.05) is 11.8 Å². The van der Waals surface area contributed by atoms with Gasteiger partial charge in [-0.15, -0.1) is 0 Å². The van der Waals surface area contributed by atoms with Gasteiger partial charge in [0.1, 0.15) is 0 Å². The number of aliphatic imine (C=N–C) groups is 2. The number of nitrogens with zero attached hydrogens (tertiary/aromatic N) is 3. The number of amidine groups is 1. The summed E-state index contributed by atoms with van der Waals surface area (Å²) in [4.78, 5) is 8.22. The third kappa shape index (κ3) is 2.75. The van der Waals surface area contributed by atoms with E-state index in [1.807, 2.05) is 24.5 Å². The van der Waals surface area contributed by atoms with Crippen molar-refractivity contribution in [1.29, 1.82) is 5.26 Å². The summed E-state index contributed by atoms with van der Waals surface area (Å²) >= 11 is 1.46. The maximum atomic E-state index is 9.04. The number of thioether (sulfide) groups is 1. The summed E-state index contributed by atoms with van der Waals surface area (Å²) in [5.74, 6) is 0.550. The van der Waals surface area contributed by atoms with Crippen LogP contribution in [0, 0.1) is 11.3 Å². The minimum Gasteiger partial charge on any atom is -0.239 e. The summed E-state index contributed by atoms with van der Waals surface area (Å²) in [6.45, 7) is 3.48. The zero-order chi connectivity index (χ0) is 12.3. The molecule has 17 heavy (non-hydrogen) atoms. The summed E-state index contributed by atoms with van der Waals surface area (Å²) < 4.78 is 0. The Balaban J connectivity index is 2.37. The highest BCUT2D eigenvalue weighted by Gasteiger charge is 2.26. The Morgan fingerprint density at radius 1 is 1.53 bits per heavy atom. The van der Waals surface area contributed by atoms with Gasteiger partial charge in [0.15, 0.2) is 5.17 Å². The molecule has 0 heterocycles. The first-order valence-electron chi connectivity index (χ1n) is 5.42. The molecule has 86 valence electrons. The van der Waals surface area contributed by atoms with Crippen LogP contribution in [0.25, 0.3) is 0 Å². The quantitative estimate of drug-likeness (QED) is 0.589. The fourth-order valence-electron chi connectivity index (χ4n) is 1.71. The van der Waals surface area contributed by atoms with E-state index in [-0.39, 0.29) is 0 Å². The van der Waals surface area contributed by atoms with Gasteiger partial charge in [-0.05, 0) is 55.5 Å². The lowest BCUT2D eigenvalue weighted by Gasteiger charge is -2.03. The van der Waals surface area contributed by atoms with Crippen molar-refractivity contribution in [3.8, 4) is 6.07 Å². The SMILES string of the molecule is C=N/C(=N/c1ccc(C#N)c(C2CC2)c1)SC. The standard InChI is InChI=1S/C13H13N3S/c1-15-13(17-2)16-11-6-5-10(8-14)12(7-11)9-3-4-9/h5-7,9H,1,3-4H2,2H3/b16-13-. The molecule has 1 fully saturated rings. The summed E-state index contributed by atoms with van der Waals surface area (Å²) in [5, 5.41) is 9.69. The molecule has 0 amide bonds. The molecule has 2 rings (SSSR count). The molecule has 0 spiro atoms. The maximum absolute atomic E-state index is 9.04. The molecule has 1 aromatic rings. The molecule has 1 aromatic carbocycles. The average Bonchev–Trinajstić information content (AvgIpc) is 3.20. The predicted octanol–water partition coefficient (Wildman–Crippen LogP) is 3.49. The van der Waals surface area contributed by atoms with Crippen LogP contribution in [0.4, 0.5) is 5.69 Å². The second kappa shape index (κ2) is 5.15. The Morgan fingerprint density at radius 2 is 2.29 bits per heavy atom. The minimum atomic E-state index is 0.550. The van der Waals surface area contributed by atoms with Gasteiger partial charge in [-0.3, -0.25) is 0 Å². The van der Waals surface area contributed by atoms with E-state index >= 15 is 0 Å². The molecule has 0 aliphatic heterocycles. The van der Waals surface area contributed by atoms with Crippen LogP contribution >= 0.6 is 11.8 Å². The highest BCUT2D eigenvalue weighted by Crippen LogP contribution is 2.42. The van der Waals surface area contributed by atoms with Gasteiger partial charge in [0.25, 0.3) is 0 Å². The zero-order valence-electron chi connectivity index (χ0n) is 9.68. The second-order valence-electron chi connectivity index (χ2n) is 3.91. The maximum Gasteiger partial charge on any atom is 0.187 e. The van der Waals surface area contributed by atoms with Gasteiger partial charge in [0, 0.05) is 0 Å². The Labute approximate surface area is 105 Å². The number of nitriles is 1. The van der Waals surface area contributed by atoms with E-state index in [0.29, 0.717) is 11.1 Å². The van der Waals surface area contributed by atoms with Crippen LogP contribution in [0.3, 0.4) is 0 Å². The number of hydrogen-bond donors (Lipinski definition) is 0. The number of hydrogen-bond acceptors (Lipinski definition) is 3. The van der Waals surface area contributed by atoms with E-state index in [0.717, 1.165) is 16.8 Å². The van der Waals surface area contributed by atoms with Gasteiger partial charge in [0.2, 0.25) is 0 Å². The van der Waals surface area contributed by atoms with E-state index < -0.39 is 0 Å². The van der Waals surface area contributed by atoms with Crippen molar-refractivity contribution in [2.45, 2.75) is 18.8 Å². The van der Waals surface area contributed by atoms with Crippen molar-refractivity contribution in [3.63, 3.8) is 0 Å². The minimum absolute atomic E-state index is 0.550. The zero-order valence-corrected chi connectivity index (χ0v) is 10.5. The lowest BCUT2D eigenvalue weighted by Crippen LogP contribution is -1.88. The van der Waals surface area contributed by atoms with Crippen molar-refractivity contribution < 1.29 is 0 Å². The van der Waals surface area contributed by atoms with Crippen LogP contribution < -0.4 is 0 Å². The van der Waals surface area contributed by atoms with E-state index in [9.17, 15) is 0 Å². The Bertz CT molecular complexity index is 510. The van der Waals surface area contributed by atoms with Crippen molar-refractivity contribution in [3.05, 3.63) is 29.3 Å². The molecule has 4 heteroatoms. The van der Waals surface area contributed by atoms with Crippen LogP contribution in [0.1, 0.15) is 29.9 Å². The summed E-state index contributed by atoms with van der Waals surface area (Å²) in [7, 11) is 0. The van der Waals surface area contributed by atoms with E-state index in [4.69, 9.17) is 5.26 Å². The van der Waals surface area contributed by atoms with E-state index in [1.54, 1.807) is 0 Å². The summed E-state index contributed by atoms with van der Waals surface area (Å²) in [6.07, 6.45) is 4.27. The Morgan fingerprint density at radius 3 is 2.82 bits per heavy atom. The van der Waals surface area contributed by atoms with Gasteiger partial charge >= 0.3 is 0 Å². The monoisotopic (exact) mass is 243 g/mol. The second-order valence-corrected chi connectivity index (χ2v) is 4.69. The van der Waals surface area contributed by atoms with Crippen LogP contribution in [-0.4, -0.2) is 18.1 Å². The summed E-state index contributed by atoms with van der Waals surface area (Å²) in [5.41, 5.74) is 2.74. The average molecular weight is 243 g/mol. The van der Waals surface area contributed by atoms with Gasteiger partial charge in [-0.25, -0.2) is 9.98 Å². The number of rotatable bonds is 2. The smallest absolute Gasteiger partial charge is 0.187 e. The van der Waals surface area contributed by atoms with E-state index in [1.165, 1.54) is 24.6 Å². The lowest BCUT2D eigenvalue weighted by molar-refractivity contribution is 1.12. The topological polar surface area (TPSA) is 48.5 Å². The van der Waals surface area contributed by atoms with Crippen molar-refractivity contribution in [1.82, 2.24) is 0 Å². The normalized spacial score (nSPS) is 15.4.